The van der Waals surface area contributed by atoms with E-state index in [4.69, 9.17) is 4.74 Å². The Bertz CT molecular complexity index is 207. The first-order chi connectivity index (χ1) is 6.87. The average molecular weight is 212 g/mol. The first kappa shape index (κ1) is 14.2. The van der Waals surface area contributed by atoms with Gasteiger partial charge in [-0.05, 0) is 39.0 Å². The molecular formula is C13H24O2. The Balaban J connectivity index is 3.73. The van der Waals surface area contributed by atoms with Crippen LogP contribution in [0.15, 0.2) is 12.7 Å². The predicted octanol–water partition coefficient (Wildman–Crippen LogP) is 3.71. The number of carbonyl (C=O) groups excluding carboxylic acids is 1. The molecule has 0 fully saturated rings. The van der Waals surface area contributed by atoms with Crippen LogP contribution in [0.25, 0.3) is 0 Å². The smallest absolute Gasteiger partial charge is 0.303 e. The molecule has 88 valence electrons. The SMILES string of the molecule is C=CCC(C)CCCC(C)(C)OC(C)=O. The van der Waals surface area contributed by atoms with Crippen molar-refractivity contribution in [3.63, 3.8) is 0 Å². The number of rotatable bonds is 7. The summed E-state index contributed by atoms with van der Waals surface area (Å²) in [5.74, 6) is 0.481. The summed E-state index contributed by atoms with van der Waals surface area (Å²) in [5, 5.41) is 0. The maximum atomic E-state index is 10.8. The molecule has 0 aliphatic carbocycles. The second-order valence-electron chi connectivity index (χ2n) is 4.88. The molecular weight excluding hydrogens is 188 g/mol. The Kier molecular flexibility index (Phi) is 6.30. The molecule has 15 heavy (non-hydrogen) atoms. The third-order valence-electron chi connectivity index (χ3n) is 2.46. The van der Waals surface area contributed by atoms with Crippen molar-refractivity contribution in [2.24, 2.45) is 5.92 Å². The van der Waals surface area contributed by atoms with Crippen LogP contribution in [0.3, 0.4) is 0 Å². The molecule has 0 amide bonds. The van der Waals surface area contributed by atoms with Gasteiger partial charge in [0.05, 0.1) is 0 Å². The van der Waals surface area contributed by atoms with E-state index in [1.54, 1.807) is 0 Å². The zero-order valence-corrected chi connectivity index (χ0v) is 10.5. The van der Waals surface area contributed by atoms with Crippen LogP contribution < -0.4 is 0 Å². The van der Waals surface area contributed by atoms with Gasteiger partial charge in [-0.1, -0.05) is 19.4 Å². The fraction of sp³-hybridized carbons (Fsp3) is 0.769. The van der Waals surface area contributed by atoms with E-state index in [0.717, 1.165) is 25.7 Å². The number of allylic oxidation sites excluding steroid dienone is 1. The van der Waals surface area contributed by atoms with Gasteiger partial charge in [0.15, 0.2) is 0 Å². The monoisotopic (exact) mass is 212 g/mol. The van der Waals surface area contributed by atoms with Gasteiger partial charge in [-0.2, -0.15) is 0 Å². The largest absolute Gasteiger partial charge is 0.460 e. The van der Waals surface area contributed by atoms with E-state index in [-0.39, 0.29) is 11.6 Å². The molecule has 0 radical (unpaired) electrons. The molecule has 1 unspecified atom stereocenters. The lowest BCUT2D eigenvalue weighted by molar-refractivity contribution is -0.154. The first-order valence-electron chi connectivity index (χ1n) is 5.68. The third-order valence-corrected chi connectivity index (χ3v) is 2.46. The average Bonchev–Trinajstić information content (AvgIpc) is 2.01. The zero-order valence-electron chi connectivity index (χ0n) is 10.5. The molecule has 0 N–H and O–H groups in total. The van der Waals surface area contributed by atoms with Crippen LogP contribution in [0, 0.1) is 5.92 Å². The summed E-state index contributed by atoms with van der Waals surface area (Å²) in [5.41, 5.74) is -0.320. The summed E-state index contributed by atoms with van der Waals surface area (Å²) < 4.78 is 5.22. The Morgan fingerprint density at radius 1 is 1.53 bits per heavy atom. The van der Waals surface area contributed by atoms with Crippen LogP contribution in [-0.2, 0) is 9.53 Å². The molecule has 0 heterocycles. The normalized spacial score (nSPS) is 13.3. The molecule has 0 bridgehead atoms. The summed E-state index contributed by atoms with van der Waals surface area (Å²) >= 11 is 0. The maximum absolute atomic E-state index is 10.8. The van der Waals surface area contributed by atoms with Crippen molar-refractivity contribution in [2.75, 3.05) is 0 Å². The molecule has 1 atom stereocenters. The molecule has 0 aromatic heterocycles. The van der Waals surface area contributed by atoms with Crippen molar-refractivity contribution >= 4 is 5.97 Å². The number of hydrogen-bond donors (Lipinski definition) is 0. The fourth-order valence-corrected chi connectivity index (χ4v) is 1.72. The maximum Gasteiger partial charge on any atom is 0.303 e. The Morgan fingerprint density at radius 3 is 2.60 bits per heavy atom. The quantitative estimate of drug-likeness (QED) is 0.475. The highest BCUT2D eigenvalue weighted by atomic mass is 16.6. The van der Waals surface area contributed by atoms with E-state index in [9.17, 15) is 4.79 Å². The molecule has 0 saturated carbocycles. The number of carbonyl (C=O) groups is 1. The summed E-state index contributed by atoms with van der Waals surface area (Å²) in [6, 6.07) is 0. The highest BCUT2D eigenvalue weighted by Crippen LogP contribution is 2.21. The van der Waals surface area contributed by atoms with Crippen LogP contribution in [0.2, 0.25) is 0 Å². The molecule has 2 nitrogen and oxygen atoms in total. The molecule has 0 aromatic rings. The molecule has 0 rings (SSSR count). The van der Waals surface area contributed by atoms with Crippen molar-refractivity contribution in [2.45, 2.75) is 59.0 Å². The highest BCUT2D eigenvalue weighted by Gasteiger charge is 2.20. The van der Waals surface area contributed by atoms with E-state index in [1.807, 2.05) is 19.9 Å². The minimum absolute atomic E-state index is 0.195. The highest BCUT2D eigenvalue weighted by molar-refractivity contribution is 5.66. The van der Waals surface area contributed by atoms with Gasteiger partial charge in [-0.15, -0.1) is 6.58 Å². The van der Waals surface area contributed by atoms with Crippen LogP contribution >= 0.6 is 0 Å². The third kappa shape index (κ3) is 8.22. The minimum atomic E-state index is -0.320. The first-order valence-corrected chi connectivity index (χ1v) is 5.68. The predicted molar refractivity (Wildman–Crippen MR) is 63.7 cm³/mol. The van der Waals surface area contributed by atoms with Crippen LogP contribution in [0.5, 0.6) is 0 Å². The second kappa shape index (κ2) is 6.65. The van der Waals surface area contributed by atoms with Crippen molar-refractivity contribution in [3.05, 3.63) is 12.7 Å². The van der Waals surface area contributed by atoms with Crippen molar-refractivity contribution in [3.8, 4) is 0 Å². The lowest BCUT2D eigenvalue weighted by Gasteiger charge is -2.24. The van der Waals surface area contributed by atoms with E-state index < -0.39 is 0 Å². The summed E-state index contributed by atoms with van der Waals surface area (Å²) in [4.78, 5) is 10.8. The number of hydrogen-bond acceptors (Lipinski definition) is 2. The lowest BCUT2D eigenvalue weighted by Crippen LogP contribution is -2.26. The fourth-order valence-electron chi connectivity index (χ4n) is 1.72. The Hall–Kier alpha value is -0.790. The van der Waals surface area contributed by atoms with E-state index in [1.165, 1.54) is 6.92 Å². The van der Waals surface area contributed by atoms with Crippen LogP contribution in [0.1, 0.15) is 53.4 Å². The van der Waals surface area contributed by atoms with Gasteiger partial charge in [-0.3, -0.25) is 4.79 Å². The van der Waals surface area contributed by atoms with Gasteiger partial charge in [0.1, 0.15) is 5.60 Å². The molecule has 2 heteroatoms. The standard InChI is InChI=1S/C13H24O2/c1-6-8-11(2)9-7-10-13(4,5)15-12(3)14/h6,11H,1,7-10H2,2-5H3. The van der Waals surface area contributed by atoms with Crippen LogP contribution in [-0.4, -0.2) is 11.6 Å². The van der Waals surface area contributed by atoms with Crippen LogP contribution in [0.4, 0.5) is 0 Å². The summed E-state index contributed by atoms with van der Waals surface area (Å²) in [6.07, 6.45) is 6.20. The topological polar surface area (TPSA) is 26.3 Å². The Morgan fingerprint density at radius 2 is 2.13 bits per heavy atom. The Labute approximate surface area is 93.7 Å². The van der Waals surface area contributed by atoms with Gasteiger partial charge in [0.2, 0.25) is 0 Å². The van der Waals surface area contributed by atoms with Gasteiger partial charge in [-0.25, -0.2) is 0 Å². The molecule has 0 aromatic carbocycles. The van der Waals surface area contributed by atoms with Gasteiger partial charge >= 0.3 is 5.97 Å². The lowest BCUT2D eigenvalue weighted by atomic mass is 9.95. The minimum Gasteiger partial charge on any atom is -0.460 e. The second-order valence-corrected chi connectivity index (χ2v) is 4.88. The van der Waals surface area contributed by atoms with Gasteiger partial charge in [0, 0.05) is 6.92 Å². The molecule has 0 aliphatic rings. The van der Waals surface area contributed by atoms with E-state index >= 15 is 0 Å². The van der Waals surface area contributed by atoms with E-state index in [0.29, 0.717) is 5.92 Å². The number of ether oxygens (including phenoxy) is 1. The molecule has 0 aliphatic heterocycles. The van der Waals surface area contributed by atoms with Gasteiger partial charge < -0.3 is 4.74 Å². The molecule has 0 spiro atoms. The summed E-state index contributed by atoms with van der Waals surface area (Å²) in [6.45, 7) is 11.3. The zero-order chi connectivity index (χ0) is 11.9. The van der Waals surface area contributed by atoms with Crippen molar-refractivity contribution in [1.29, 1.82) is 0 Å². The number of esters is 1. The van der Waals surface area contributed by atoms with Crippen molar-refractivity contribution in [1.82, 2.24) is 0 Å². The summed E-state index contributed by atoms with van der Waals surface area (Å²) in [7, 11) is 0. The van der Waals surface area contributed by atoms with E-state index in [2.05, 4.69) is 13.5 Å². The van der Waals surface area contributed by atoms with Crippen molar-refractivity contribution < 1.29 is 9.53 Å². The van der Waals surface area contributed by atoms with Gasteiger partial charge in [0.25, 0.3) is 0 Å². The molecule has 0 saturated heterocycles.